The SMILES string of the molecule is O=C(CCc1nc2sc3c(c2c(=O)[nH]1)CCCC3)NNC(=O)c1cccc([N+](=O)[O-])c1. The normalized spacial score (nSPS) is 12.9. The lowest BCUT2D eigenvalue weighted by Crippen LogP contribution is -2.41. The number of H-pyrrole nitrogens is 1. The van der Waals surface area contributed by atoms with Gasteiger partial charge in [0, 0.05) is 35.4 Å². The second-order valence-electron chi connectivity index (χ2n) is 7.21. The van der Waals surface area contributed by atoms with Crippen molar-refractivity contribution in [2.75, 3.05) is 0 Å². The Morgan fingerprint density at radius 1 is 1.23 bits per heavy atom. The fourth-order valence-electron chi connectivity index (χ4n) is 3.58. The number of aryl methyl sites for hydroxylation is 3. The van der Waals surface area contributed by atoms with Crippen LogP contribution in [0.5, 0.6) is 0 Å². The van der Waals surface area contributed by atoms with Crippen molar-refractivity contribution in [1.29, 1.82) is 0 Å². The van der Waals surface area contributed by atoms with Crippen molar-refractivity contribution in [2.24, 2.45) is 0 Å². The maximum Gasteiger partial charge on any atom is 0.270 e. The summed E-state index contributed by atoms with van der Waals surface area (Å²) in [6.45, 7) is 0. The number of carbonyl (C=O) groups excluding carboxylic acids is 2. The van der Waals surface area contributed by atoms with Crippen molar-refractivity contribution in [1.82, 2.24) is 20.8 Å². The van der Waals surface area contributed by atoms with Crippen LogP contribution in [0.4, 0.5) is 5.69 Å². The van der Waals surface area contributed by atoms with Gasteiger partial charge in [0.05, 0.1) is 10.3 Å². The summed E-state index contributed by atoms with van der Waals surface area (Å²) in [6, 6.07) is 5.17. The lowest BCUT2D eigenvalue weighted by molar-refractivity contribution is -0.384. The molecule has 0 aliphatic heterocycles. The predicted octanol–water partition coefficient (Wildman–Crippen LogP) is 2.17. The van der Waals surface area contributed by atoms with Gasteiger partial charge in [-0.15, -0.1) is 11.3 Å². The molecule has 0 radical (unpaired) electrons. The van der Waals surface area contributed by atoms with E-state index in [2.05, 4.69) is 20.8 Å². The molecule has 0 saturated carbocycles. The maximum absolute atomic E-state index is 12.5. The monoisotopic (exact) mass is 441 g/mol. The highest BCUT2D eigenvalue weighted by atomic mass is 32.1. The second-order valence-corrected chi connectivity index (χ2v) is 8.30. The smallest absolute Gasteiger partial charge is 0.270 e. The molecule has 0 saturated heterocycles. The summed E-state index contributed by atoms with van der Waals surface area (Å²) in [6.07, 6.45) is 4.25. The second kappa shape index (κ2) is 8.64. The van der Waals surface area contributed by atoms with Gasteiger partial charge < -0.3 is 4.98 Å². The first-order valence-corrected chi connectivity index (χ1v) is 10.6. The van der Waals surface area contributed by atoms with E-state index in [0.717, 1.165) is 37.3 Å². The summed E-state index contributed by atoms with van der Waals surface area (Å²) in [5.74, 6) is -0.738. The average molecular weight is 441 g/mol. The number of amides is 2. The number of nitro groups is 1. The number of aromatic nitrogens is 2. The topological polar surface area (TPSA) is 147 Å². The largest absolute Gasteiger partial charge is 0.310 e. The fraction of sp³-hybridized carbons (Fsp3) is 0.300. The number of nitro benzene ring substituents is 1. The van der Waals surface area contributed by atoms with Crippen molar-refractivity contribution in [3.63, 3.8) is 0 Å². The molecule has 11 heteroatoms. The van der Waals surface area contributed by atoms with E-state index in [-0.39, 0.29) is 29.7 Å². The maximum atomic E-state index is 12.5. The first-order valence-electron chi connectivity index (χ1n) is 9.79. The van der Waals surface area contributed by atoms with Crippen molar-refractivity contribution < 1.29 is 14.5 Å². The van der Waals surface area contributed by atoms with Crippen molar-refractivity contribution in [2.45, 2.75) is 38.5 Å². The molecular weight excluding hydrogens is 422 g/mol. The lowest BCUT2D eigenvalue weighted by atomic mass is 9.97. The van der Waals surface area contributed by atoms with Crippen LogP contribution in [-0.4, -0.2) is 26.7 Å². The number of nitrogens with zero attached hydrogens (tertiary/aromatic N) is 2. The van der Waals surface area contributed by atoms with Crippen LogP contribution in [-0.2, 0) is 24.1 Å². The highest BCUT2D eigenvalue weighted by molar-refractivity contribution is 7.18. The summed E-state index contributed by atoms with van der Waals surface area (Å²) in [5.41, 5.74) is 5.24. The third-order valence-electron chi connectivity index (χ3n) is 5.10. The molecule has 0 unspecified atom stereocenters. The van der Waals surface area contributed by atoms with E-state index in [1.165, 1.54) is 23.1 Å². The Hall–Kier alpha value is -3.60. The molecule has 2 amide bonds. The minimum atomic E-state index is -0.672. The van der Waals surface area contributed by atoms with Crippen LogP contribution in [0.3, 0.4) is 0 Å². The van der Waals surface area contributed by atoms with Gasteiger partial charge in [0.25, 0.3) is 17.2 Å². The number of nitrogens with one attached hydrogen (secondary N) is 3. The molecule has 3 aromatic rings. The summed E-state index contributed by atoms with van der Waals surface area (Å²) in [7, 11) is 0. The Morgan fingerprint density at radius 3 is 2.84 bits per heavy atom. The van der Waals surface area contributed by atoms with Gasteiger partial charge in [-0.25, -0.2) is 4.98 Å². The van der Waals surface area contributed by atoms with Crippen LogP contribution in [0.1, 0.15) is 45.9 Å². The first kappa shape index (κ1) is 20.7. The number of carbonyl (C=O) groups is 2. The summed E-state index contributed by atoms with van der Waals surface area (Å²) in [4.78, 5) is 56.1. The van der Waals surface area contributed by atoms with E-state index in [1.54, 1.807) is 11.3 Å². The number of hydrazine groups is 1. The standard InChI is InChI=1S/C20H19N5O5S/c26-16(23-24-18(27)11-4-3-5-12(10-11)25(29)30)9-8-15-21-19(28)17-13-6-1-2-7-14(13)31-20(17)22-15/h3-5,10H,1-2,6-9H2,(H,23,26)(H,24,27)(H,21,22,28). The molecule has 0 spiro atoms. The van der Waals surface area contributed by atoms with Gasteiger partial charge in [-0.3, -0.25) is 35.3 Å². The van der Waals surface area contributed by atoms with Crippen LogP contribution in [0, 0.1) is 10.1 Å². The minimum Gasteiger partial charge on any atom is -0.310 e. The van der Waals surface area contributed by atoms with Gasteiger partial charge >= 0.3 is 0 Å². The van der Waals surface area contributed by atoms with Gasteiger partial charge in [0.1, 0.15) is 10.7 Å². The van der Waals surface area contributed by atoms with E-state index < -0.39 is 16.7 Å². The van der Waals surface area contributed by atoms with Crippen LogP contribution in [0.15, 0.2) is 29.1 Å². The molecule has 0 atom stereocenters. The van der Waals surface area contributed by atoms with Crippen LogP contribution in [0.25, 0.3) is 10.2 Å². The number of non-ortho nitro benzene ring substituents is 1. The quantitative estimate of drug-likeness (QED) is 0.408. The molecule has 1 aliphatic carbocycles. The Bertz CT molecular complexity index is 1250. The number of benzene rings is 1. The molecule has 1 aliphatic rings. The predicted molar refractivity (Wildman–Crippen MR) is 114 cm³/mol. The summed E-state index contributed by atoms with van der Waals surface area (Å²) >= 11 is 1.54. The molecule has 3 N–H and O–H groups in total. The highest BCUT2D eigenvalue weighted by Crippen LogP contribution is 2.33. The summed E-state index contributed by atoms with van der Waals surface area (Å²) < 4.78 is 0. The average Bonchev–Trinajstić information content (AvgIpc) is 3.15. The van der Waals surface area contributed by atoms with E-state index in [1.807, 2.05) is 0 Å². The van der Waals surface area contributed by atoms with Gasteiger partial charge in [0.2, 0.25) is 5.91 Å². The number of aromatic amines is 1. The van der Waals surface area contributed by atoms with Crippen molar-refractivity contribution in [3.05, 3.63) is 66.6 Å². The third-order valence-corrected chi connectivity index (χ3v) is 6.28. The first-order chi connectivity index (χ1) is 14.9. The molecule has 10 nitrogen and oxygen atoms in total. The number of hydrogen-bond acceptors (Lipinski definition) is 7. The zero-order chi connectivity index (χ0) is 22.0. The Labute approximate surface area is 179 Å². The van der Waals surface area contributed by atoms with Crippen LogP contribution >= 0.6 is 11.3 Å². The van der Waals surface area contributed by atoms with Gasteiger partial charge in [0.15, 0.2) is 0 Å². The third kappa shape index (κ3) is 4.45. The Kier molecular flexibility index (Phi) is 5.76. The lowest BCUT2D eigenvalue weighted by Gasteiger charge is -2.09. The number of thiophene rings is 1. The van der Waals surface area contributed by atoms with Crippen LogP contribution in [0.2, 0.25) is 0 Å². The van der Waals surface area contributed by atoms with E-state index >= 15 is 0 Å². The van der Waals surface area contributed by atoms with Crippen molar-refractivity contribution >= 4 is 39.1 Å². The zero-order valence-corrected chi connectivity index (χ0v) is 17.2. The minimum absolute atomic E-state index is 0.00520. The Balaban J connectivity index is 1.36. The Morgan fingerprint density at radius 2 is 2.03 bits per heavy atom. The van der Waals surface area contributed by atoms with Crippen LogP contribution < -0.4 is 16.4 Å². The van der Waals surface area contributed by atoms with E-state index in [9.17, 15) is 24.5 Å². The van der Waals surface area contributed by atoms with E-state index in [0.29, 0.717) is 16.0 Å². The fourth-order valence-corrected chi connectivity index (χ4v) is 4.86. The van der Waals surface area contributed by atoms with Crippen molar-refractivity contribution in [3.8, 4) is 0 Å². The molecule has 0 fully saturated rings. The van der Waals surface area contributed by atoms with Gasteiger partial charge in [-0.2, -0.15) is 0 Å². The number of fused-ring (bicyclic) bond motifs is 3. The molecule has 160 valence electrons. The zero-order valence-electron chi connectivity index (χ0n) is 16.4. The van der Waals surface area contributed by atoms with E-state index in [4.69, 9.17) is 0 Å². The summed E-state index contributed by atoms with van der Waals surface area (Å²) in [5, 5.41) is 11.5. The molecule has 2 heterocycles. The molecule has 4 rings (SSSR count). The number of hydrogen-bond donors (Lipinski definition) is 3. The molecule has 1 aromatic carbocycles. The van der Waals surface area contributed by atoms with Gasteiger partial charge in [-0.1, -0.05) is 6.07 Å². The number of rotatable bonds is 5. The molecular formula is C20H19N5O5S. The molecule has 0 bridgehead atoms. The molecule has 31 heavy (non-hydrogen) atoms. The highest BCUT2D eigenvalue weighted by Gasteiger charge is 2.20. The van der Waals surface area contributed by atoms with Gasteiger partial charge in [-0.05, 0) is 37.3 Å². The molecule has 2 aromatic heterocycles.